The number of aliphatic hydroxyl groups is 4. The van der Waals surface area contributed by atoms with E-state index in [0.717, 1.165) is 69.8 Å². The Balaban J connectivity index is 2.11. The molecule has 1 saturated carbocycles. The fraction of sp³-hybridized carbons (Fsp3) is 0.625. The Hall–Kier alpha value is -1.72. The molecule has 0 bridgehead atoms. The van der Waals surface area contributed by atoms with E-state index in [0.29, 0.717) is 18.4 Å². The van der Waals surface area contributed by atoms with Gasteiger partial charge in [-0.15, -0.1) is 0 Å². The summed E-state index contributed by atoms with van der Waals surface area (Å²) < 4.78 is 0. The Morgan fingerprint density at radius 2 is 1.58 bits per heavy atom. The lowest BCUT2D eigenvalue weighted by Crippen LogP contribution is -2.26. The number of aryl methyl sites for hydroxylation is 1. The highest BCUT2D eigenvalue weighted by Gasteiger charge is 2.24. The van der Waals surface area contributed by atoms with Crippen LogP contribution in [0.5, 0.6) is 0 Å². The Morgan fingerprint density at radius 1 is 0.944 bits per heavy atom. The zero-order chi connectivity index (χ0) is 26.8. The van der Waals surface area contributed by atoms with Crippen LogP contribution in [0, 0.1) is 0 Å². The maximum absolute atomic E-state index is 10.2. The third kappa shape index (κ3) is 12.0. The predicted molar refractivity (Wildman–Crippen MR) is 151 cm³/mol. The fourth-order valence-corrected chi connectivity index (χ4v) is 4.82. The summed E-state index contributed by atoms with van der Waals surface area (Å²) in [6, 6.07) is 8.77. The van der Waals surface area contributed by atoms with Crippen LogP contribution in [0.3, 0.4) is 0 Å². The molecule has 4 nitrogen and oxygen atoms in total. The third-order valence-corrected chi connectivity index (χ3v) is 7.04. The van der Waals surface area contributed by atoms with Gasteiger partial charge in [0.2, 0.25) is 0 Å². The second-order valence-electron chi connectivity index (χ2n) is 12.0. The zero-order valence-electron chi connectivity index (χ0n) is 23.1. The monoisotopic (exact) mass is 498 g/mol. The van der Waals surface area contributed by atoms with Crippen LogP contribution in [0.4, 0.5) is 0 Å². The molecule has 202 valence electrons. The number of aliphatic hydroxyl groups excluding tert-OH is 2. The first-order valence-electron chi connectivity index (χ1n) is 13.8. The molecule has 2 rings (SSSR count). The molecule has 0 radical (unpaired) electrons. The summed E-state index contributed by atoms with van der Waals surface area (Å²) in [7, 11) is 0. The van der Waals surface area contributed by atoms with Crippen molar-refractivity contribution in [3.8, 4) is 0 Å². The van der Waals surface area contributed by atoms with Crippen LogP contribution in [0.15, 0.2) is 54.1 Å². The molecular formula is C32H50O4. The highest BCUT2D eigenvalue weighted by molar-refractivity contribution is 5.68. The number of hydrogen-bond acceptors (Lipinski definition) is 4. The van der Waals surface area contributed by atoms with Gasteiger partial charge in [-0.3, -0.25) is 0 Å². The minimum Gasteiger partial charge on any atom is -0.393 e. The topological polar surface area (TPSA) is 80.9 Å². The average Bonchev–Trinajstić information content (AvgIpc) is 2.77. The minimum atomic E-state index is -0.682. The van der Waals surface area contributed by atoms with Gasteiger partial charge >= 0.3 is 0 Å². The van der Waals surface area contributed by atoms with Crippen molar-refractivity contribution < 1.29 is 20.4 Å². The molecule has 36 heavy (non-hydrogen) atoms. The summed E-state index contributed by atoms with van der Waals surface area (Å²) in [6.07, 6.45) is 13.8. The first-order valence-corrected chi connectivity index (χ1v) is 13.8. The summed E-state index contributed by atoms with van der Waals surface area (Å²) >= 11 is 0. The van der Waals surface area contributed by atoms with Crippen LogP contribution < -0.4 is 0 Å². The van der Waals surface area contributed by atoms with Gasteiger partial charge in [0.1, 0.15) is 0 Å². The van der Waals surface area contributed by atoms with Gasteiger partial charge in [-0.1, -0.05) is 68.7 Å². The van der Waals surface area contributed by atoms with Crippen LogP contribution in [0.25, 0.3) is 5.57 Å². The predicted octanol–water partition coefficient (Wildman–Crippen LogP) is 6.66. The van der Waals surface area contributed by atoms with Gasteiger partial charge in [0.15, 0.2) is 0 Å². The van der Waals surface area contributed by atoms with Gasteiger partial charge in [-0.05, 0) is 100 Å². The molecule has 0 unspecified atom stereocenters. The van der Waals surface area contributed by atoms with Crippen LogP contribution in [-0.2, 0) is 6.42 Å². The molecule has 1 aliphatic carbocycles. The van der Waals surface area contributed by atoms with E-state index in [1.54, 1.807) is 0 Å². The molecule has 0 amide bonds. The smallest absolute Gasteiger partial charge is 0.0811 e. The molecule has 0 spiro atoms. The fourth-order valence-electron chi connectivity index (χ4n) is 4.82. The molecule has 4 heteroatoms. The van der Waals surface area contributed by atoms with Gasteiger partial charge in [-0.25, -0.2) is 0 Å². The quantitative estimate of drug-likeness (QED) is 0.216. The second-order valence-corrected chi connectivity index (χ2v) is 12.0. The third-order valence-electron chi connectivity index (χ3n) is 7.04. The van der Waals surface area contributed by atoms with Crippen molar-refractivity contribution in [3.05, 3.63) is 65.3 Å². The van der Waals surface area contributed by atoms with E-state index in [2.05, 4.69) is 36.9 Å². The molecule has 1 fully saturated rings. The van der Waals surface area contributed by atoms with E-state index in [1.807, 2.05) is 33.8 Å². The van der Waals surface area contributed by atoms with Crippen molar-refractivity contribution in [2.75, 3.05) is 0 Å². The van der Waals surface area contributed by atoms with Crippen molar-refractivity contribution >= 4 is 5.57 Å². The first kappa shape index (κ1) is 30.5. The van der Waals surface area contributed by atoms with Gasteiger partial charge in [-0.2, -0.15) is 0 Å². The van der Waals surface area contributed by atoms with Crippen LogP contribution in [-0.4, -0.2) is 43.8 Å². The van der Waals surface area contributed by atoms with Gasteiger partial charge in [0.25, 0.3) is 0 Å². The number of unbranched alkanes of at least 4 members (excludes halogenated alkanes) is 4. The summed E-state index contributed by atoms with van der Waals surface area (Å²) in [4.78, 5) is 0. The maximum Gasteiger partial charge on any atom is 0.0811 e. The highest BCUT2D eigenvalue weighted by Crippen LogP contribution is 2.30. The number of hydrogen-bond donors (Lipinski definition) is 4. The summed E-state index contributed by atoms with van der Waals surface area (Å²) in [5, 5.41) is 40.2. The van der Waals surface area contributed by atoms with Gasteiger partial charge in [0.05, 0.1) is 23.4 Å². The summed E-state index contributed by atoms with van der Waals surface area (Å²) in [5.74, 6) is 0. The van der Waals surface area contributed by atoms with Crippen LogP contribution >= 0.6 is 0 Å². The second kappa shape index (κ2) is 14.3. The van der Waals surface area contributed by atoms with Gasteiger partial charge in [0, 0.05) is 6.42 Å². The number of allylic oxidation sites excluding steroid dienone is 3. The Labute approximate surface area is 219 Å². The van der Waals surface area contributed by atoms with Crippen LogP contribution in [0.1, 0.15) is 109 Å². The lowest BCUT2D eigenvalue weighted by atomic mass is 9.85. The van der Waals surface area contributed by atoms with E-state index in [4.69, 9.17) is 0 Å². The molecular weight excluding hydrogens is 448 g/mol. The average molecular weight is 499 g/mol. The van der Waals surface area contributed by atoms with Crippen molar-refractivity contribution in [1.82, 2.24) is 0 Å². The van der Waals surface area contributed by atoms with E-state index in [9.17, 15) is 20.4 Å². The molecule has 0 heterocycles. The molecule has 0 aromatic heterocycles. The standard InChI is InChI=1S/C32H50O4/c1-24-27(22-29(33)23-30(24)34)18-17-26(15-9-7-11-20-32(4,5)36)28-16-12-14-25(21-28)13-8-6-10-19-31(2,3)35/h12,14,16-18,21,29-30,33-36H,1,6-11,13,15,19-20,22-23H2,2-5H3/b26-17+,27-18-/t29-,30+/m1/s1. The first-order chi connectivity index (χ1) is 16.8. The Morgan fingerprint density at radius 3 is 2.22 bits per heavy atom. The molecule has 1 aliphatic rings. The maximum atomic E-state index is 10.2. The van der Waals surface area contributed by atoms with Gasteiger partial charge < -0.3 is 20.4 Å². The number of rotatable bonds is 14. The molecule has 0 aliphatic heterocycles. The molecule has 0 saturated heterocycles. The van der Waals surface area contributed by atoms with E-state index < -0.39 is 23.4 Å². The molecule has 2 atom stereocenters. The van der Waals surface area contributed by atoms with Crippen molar-refractivity contribution in [2.45, 2.75) is 128 Å². The highest BCUT2D eigenvalue weighted by atomic mass is 16.3. The Kier molecular flexibility index (Phi) is 12.1. The minimum absolute atomic E-state index is 0.353. The van der Waals surface area contributed by atoms with Crippen molar-refractivity contribution in [3.63, 3.8) is 0 Å². The Bertz CT molecular complexity index is 882. The largest absolute Gasteiger partial charge is 0.393 e. The molecule has 1 aromatic rings. The zero-order valence-corrected chi connectivity index (χ0v) is 23.1. The van der Waals surface area contributed by atoms with E-state index in [-0.39, 0.29) is 0 Å². The lowest BCUT2D eigenvalue weighted by Gasteiger charge is -2.26. The SMILES string of the molecule is C=C1/C(=C\C=C(/CCCCCC(C)(C)O)c2cccc(CCCCCC(C)(C)O)c2)C[C@@H](O)C[C@@H]1O. The summed E-state index contributed by atoms with van der Waals surface area (Å²) in [6.45, 7) is 11.5. The van der Waals surface area contributed by atoms with Crippen molar-refractivity contribution in [2.24, 2.45) is 0 Å². The van der Waals surface area contributed by atoms with E-state index >= 15 is 0 Å². The summed E-state index contributed by atoms with van der Waals surface area (Å²) in [5.41, 5.74) is 4.21. The number of benzene rings is 1. The normalized spacial score (nSPS) is 20.8. The lowest BCUT2D eigenvalue weighted by molar-refractivity contribution is 0.0674. The van der Waals surface area contributed by atoms with Crippen molar-refractivity contribution in [1.29, 1.82) is 0 Å². The molecule has 4 N–H and O–H groups in total. The van der Waals surface area contributed by atoms with Crippen LogP contribution in [0.2, 0.25) is 0 Å². The molecule has 1 aromatic carbocycles. The van der Waals surface area contributed by atoms with E-state index in [1.165, 1.54) is 16.7 Å².